The Balaban J connectivity index is 1.96. The molecule has 2 nitrogen and oxygen atoms in total. The van der Waals surface area contributed by atoms with Crippen molar-refractivity contribution in [2.75, 3.05) is 13.1 Å². The molecule has 2 atom stereocenters. The average molecular weight is 260 g/mol. The highest BCUT2D eigenvalue weighted by atomic mass is 15.2. The first kappa shape index (κ1) is 14.5. The van der Waals surface area contributed by atoms with Crippen molar-refractivity contribution >= 4 is 0 Å². The lowest BCUT2D eigenvalue weighted by molar-refractivity contribution is 0.131. The summed E-state index contributed by atoms with van der Waals surface area (Å²) >= 11 is 0. The minimum absolute atomic E-state index is 0.151. The molecule has 0 aromatic heterocycles. The Morgan fingerprint density at radius 1 is 1.26 bits per heavy atom. The number of piperidine rings is 1. The number of rotatable bonds is 5. The van der Waals surface area contributed by atoms with E-state index in [9.17, 15) is 0 Å². The molecule has 1 aromatic rings. The fourth-order valence-corrected chi connectivity index (χ4v) is 3.13. The standard InChI is InChI=1S/C17H28N2/c1-3-6-16-7-4-5-12-19(16)13-17(18)15-10-8-14(2)9-11-15/h8-11,16-17H,3-7,12-13,18H2,1-2H3. The Bertz CT molecular complexity index is 369. The Morgan fingerprint density at radius 3 is 2.68 bits per heavy atom. The largest absolute Gasteiger partial charge is 0.323 e. The summed E-state index contributed by atoms with van der Waals surface area (Å²) in [5.41, 5.74) is 8.97. The molecule has 0 saturated carbocycles. The molecule has 1 saturated heterocycles. The van der Waals surface area contributed by atoms with Crippen molar-refractivity contribution in [3.05, 3.63) is 35.4 Å². The van der Waals surface area contributed by atoms with Gasteiger partial charge in [0.05, 0.1) is 0 Å². The summed E-state index contributed by atoms with van der Waals surface area (Å²) in [6, 6.07) is 9.59. The van der Waals surface area contributed by atoms with Crippen molar-refractivity contribution in [3.8, 4) is 0 Å². The van der Waals surface area contributed by atoms with Crippen molar-refractivity contribution in [1.29, 1.82) is 0 Å². The highest BCUT2D eigenvalue weighted by molar-refractivity contribution is 5.24. The van der Waals surface area contributed by atoms with Crippen molar-refractivity contribution < 1.29 is 0 Å². The van der Waals surface area contributed by atoms with Gasteiger partial charge in [-0.3, -0.25) is 4.90 Å². The van der Waals surface area contributed by atoms with E-state index < -0.39 is 0 Å². The van der Waals surface area contributed by atoms with E-state index >= 15 is 0 Å². The van der Waals surface area contributed by atoms with Crippen LogP contribution in [-0.2, 0) is 0 Å². The first-order valence-electron chi connectivity index (χ1n) is 7.77. The lowest BCUT2D eigenvalue weighted by Crippen LogP contribution is -2.43. The monoisotopic (exact) mass is 260 g/mol. The van der Waals surface area contributed by atoms with Crippen LogP contribution in [0.15, 0.2) is 24.3 Å². The predicted octanol–water partition coefficient (Wildman–Crippen LogP) is 3.65. The SMILES string of the molecule is CCCC1CCCCN1CC(N)c1ccc(C)cc1. The number of nitrogens with two attached hydrogens (primary N) is 1. The second-order valence-corrected chi connectivity index (χ2v) is 5.95. The maximum absolute atomic E-state index is 6.39. The quantitative estimate of drug-likeness (QED) is 0.875. The summed E-state index contributed by atoms with van der Waals surface area (Å²) < 4.78 is 0. The Kier molecular flexibility index (Phi) is 5.41. The van der Waals surface area contributed by atoms with Crippen LogP contribution in [0.3, 0.4) is 0 Å². The number of aryl methyl sites for hydroxylation is 1. The first-order valence-corrected chi connectivity index (χ1v) is 7.77. The van der Waals surface area contributed by atoms with Crippen LogP contribution in [0.1, 0.15) is 56.2 Å². The summed E-state index contributed by atoms with van der Waals surface area (Å²) in [6.07, 6.45) is 6.68. The first-order chi connectivity index (χ1) is 9.20. The van der Waals surface area contributed by atoms with Gasteiger partial charge in [-0.15, -0.1) is 0 Å². The van der Waals surface area contributed by atoms with Gasteiger partial charge in [0, 0.05) is 18.6 Å². The Morgan fingerprint density at radius 2 is 2.00 bits per heavy atom. The van der Waals surface area contributed by atoms with Gasteiger partial charge in [0.25, 0.3) is 0 Å². The molecule has 106 valence electrons. The summed E-state index contributed by atoms with van der Waals surface area (Å²) in [5.74, 6) is 0. The third-order valence-electron chi connectivity index (χ3n) is 4.31. The summed E-state index contributed by atoms with van der Waals surface area (Å²) in [6.45, 7) is 6.64. The molecule has 1 fully saturated rings. The van der Waals surface area contributed by atoms with Crippen LogP contribution >= 0.6 is 0 Å². The minimum Gasteiger partial charge on any atom is -0.323 e. The molecule has 0 spiro atoms. The number of likely N-dealkylation sites (tertiary alicyclic amines) is 1. The second-order valence-electron chi connectivity index (χ2n) is 5.95. The van der Waals surface area contributed by atoms with Crippen LogP contribution in [-0.4, -0.2) is 24.0 Å². The zero-order valence-electron chi connectivity index (χ0n) is 12.4. The van der Waals surface area contributed by atoms with E-state index in [4.69, 9.17) is 5.73 Å². The molecule has 2 rings (SSSR count). The van der Waals surface area contributed by atoms with Crippen molar-refractivity contribution in [3.63, 3.8) is 0 Å². The van der Waals surface area contributed by atoms with E-state index in [0.29, 0.717) is 0 Å². The average Bonchev–Trinajstić information content (AvgIpc) is 2.42. The summed E-state index contributed by atoms with van der Waals surface area (Å²) in [5, 5.41) is 0. The zero-order valence-corrected chi connectivity index (χ0v) is 12.4. The number of benzene rings is 1. The normalized spacial score (nSPS) is 22.4. The summed E-state index contributed by atoms with van der Waals surface area (Å²) in [4.78, 5) is 2.62. The van der Waals surface area contributed by atoms with E-state index in [1.54, 1.807) is 0 Å². The van der Waals surface area contributed by atoms with Gasteiger partial charge in [-0.1, -0.05) is 49.6 Å². The van der Waals surface area contributed by atoms with Gasteiger partial charge < -0.3 is 5.73 Å². The smallest absolute Gasteiger partial charge is 0.0424 e. The van der Waals surface area contributed by atoms with Crippen LogP contribution in [0.2, 0.25) is 0 Å². The number of hydrogen-bond acceptors (Lipinski definition) is 2. The fourth-order valence-electron chi connectivity index (χ4n) is 3.13. The molecule has 0 bridgehead atoms. The third kappa shape index (κ3) is 4.05. The van der Waals surface area contributed by atoms with Crippen molar-refractivity contribution in [1.82, 2.24) is 4.90 Å². The van der Waals surface area contributed by atoms with E-state index in [2.05, 4.69) is 43.0 Å². The molecule has 0 radical (unpaired) electrons. The van der Waals surface area contributed by atoms with Gasteiger partial charge in [-0.25, -0.2) is 0 Å². The Labute approximate surface area is 118 Å². The topological polar surface area (TPSA) is 29.3 Å². The van der Waals surface area contributed by atoms with E-state index in [1.165, 1.54) is 49.8 Å². The molecular weight excluding hydrogens is 232 g/mol. The minimum atomic E-state index is 0.151. The molecule has 1 aromatic carbocycles. The van der Waals surface area contributed by atoms with E-state index in [-0.39, 0.29) is 6.04 Å². The molecular formula is C17H28N2. The van der Waals surface area contributed by atoms with Gasteiger partial charge in [0.1, 0.15) is 0 Å². The number of nitrogens with zero attached hydrogens (tertiary/aromatic N) is 1. The van der Waals surface area contributed by atoms with Crippen LogP contribution in [0, 0.1) is 6.92 Å². The summed E-state index contributed by atoms with van der Waals surface area (Å²) in [7, 11) is 0. The van der Waals surface area contributed by atoms with Gasteiger partial charge in [0.2, 0.25) is 0 Å². The second kappa shape index (κ2) is 7.06. The molecule has 1 aliphatic heterocycles. The molecule has 1 aliphatic rings. The molecule has 2 unspecified atom stereocenters. The van der Waals surface area contributed by atoms with Gasteiger partial charge in [0.15, 0.2) is 0 Å². The molecule has 2 heteroatoms. The molecule has 0 amide bonds. The van der Waals surface area contributed by atoms with Crippen LogP contribution < -0.4 is 5.73 Å². The van der Waals surface area contributed by atoms with Crippen molar-refractivity contribution in [2.24, 2.45) is 5.73 Å². The maximum Gasteiger partial charge on any atom is 0.0424 e. The zero-order chi connectivity index (χ0) is 13.7. The van der Waals surface area contributed by atoms with Gasteiger partial charge >= 0.3 is 0 Å². The Hall–Kier alpha value is -0.860. The van der Waals surface area contributed by atoms with E-state index in [0.717, 1.165) is 12.6 Å². The lowest BCUT2D eigenvalue weighted by atomic mass is 9.96. The predicted molar refractivity (Wildman–Crippen MR) is 82.2 cm³/mol. The van der Waals surface area contributed by atoms with Gasteiger partial charge in [-0.2, -0.15) is 0 Å². The molecule has 1 heterocycles. The lowest BCUT2D eigenvalue weighted by Gasteiger charge is -2.37. The van der Waals surface area contributed by atoms with Gasteiger partial charge in [-0.05, 0) is 38.3 Å². The number of hydrogen-bond donors (Lipinski definition) is 1. The highest BCUT2D eigenvalue weighted by Gasteiger charge is 2.23. The third-order valence-corrected chi connectivity index (χ3v) is 4.31. The fraction of sp³-hybridized carbons (Fsp3) is 0.647. The van der Waals surface area contributed by atoms with E-state index in [1.807, 2.05) is 0 Å². The molecule has 19 heavy (non-hydrogen) atoms. The van der Waals surface area contributed by atoms with Crippen LogP contribution in [0.5, 0.6) is 0 Å². The highest BCUT2D eigenvalue weighted by Crippen LogP contribution is 2.23. The van der Waals surface area contributed by atoms with Crippen molar-refractivity contribution in [2.45, 2.75) is 58.0 Å². The maximum atomic E-state index is 6.39. The molecule has 2 N–H and O–H groups in total. The molecule has 0 aliphatic carbocycles. The van der Waals surface area contributed by atoms with Crippen LogP contribution in [0.25, 0.3) is 0 Å². The van der Waals surface area contributed by atoms with Crippen LogP contribution in [0.4, 0.5) is 0 Å².